The summed E-state index contributed by atoms with van der Waals surface area (Å²) >= 11 is 0. The van der Waals surface area contributed by atoms with E-state index in [9.17, 15) is 18.5 Å². The SMILES string of the molecule is O=[N+]([O-])c1cccc(S(=O)(=O)Nc2ccco2)c1. The van der Waals surface area contributed by atoms with Gasteiger partial charge in [-0.05, 0) is 12.1 Å². The van der Waals surface area contributed by atoms with Crippen molar-refractivity contribution in [3.05, 3.63) is 52.8 Å². The van der Waals surface area contributed by atoms with Crippen LogP contribution in [0.3, 0.4) is 0 Å². The Morgan fingerprint density at radius 3 is 2.61 bits per heavy atom. The van der Waals surface area contributed by atoms with Gasteiger partial charge in [0.1, 0.15) is 0 Å². The molecule has 0 saturated heterocycles. The van der Waals surface area contributed by atoms with Gasteiger partial charge in [-0.3, -0.25) is 10.1 Å². The van der Waals surface area contributed by atoms with Gasteiger partial charge < -0.3 is 4.42 Å². The van der Waals surface area contributed by atoms with Crippen LogP contribution in [0, 0.1) is 10.1 Å². The third-order valence-corrected chi connectivity index (χ3v) is 3.44. The fourth-order valence-corrected chi connectivity index (χ4v) is 2.32. The second-order valence-electron chi connectivity index (χ2n) is 3.34. The summed E-state index contributed by atoms with van der Waals surface area (Å²) < 4.78 is 30.8. The van der Waals surface area contributed by atoms with Gasteiger partial charge >= 0.3 is 0 Å². The maximum Gasteiger partial charge on any atom is 0.270 e. The first-order chi connectivity index (χ1) is 8.49. The van der Waals surface area contributed by atoms with Crippen molar-refractivity contribution in [2.24, 2.45) is 0 Å². The van der Waals surface area contributed by atoms with Crippen molar-refractivity contribution in [2.45, 2.75) is 4.90 Å². The Morgan fingerprint density at radius 2 is 2.00 bits per heavy atom. The molecule has 1 aromatic heterocycles. The second-order valence-corrected chi connectivity index (χ2v) is 5.02. The first-order valence-electron chi connectivity index (χ1n) is 4.80. The molecule has 0 unspecified atom stereocenters. The Kier molecular flexibility index (Phi) is 3.02. The molecule has 0 aliphatic rings. The van der Waals surface area contributed by atoms with E-state index in [1.807, 2.05) is 0 Å². The summed E-state index contributed by atoms with van der Waals surface area (Å²) in [7, 11) is -3.89. The van der Waals surface area contributed by atoms with Crippen LogP contribution in [0.2, 0.25) is 0 Å². The molecule has 0 atom stereocenters. The minimum absolute atomic E-state index is 0.0431. The van der Waals surface area contributed by atoms with Gasteiger partial charge in [0, 0.05) is 18.2 Å². The predicted octanol–water partition coefficient (Wildman–Crippen LogP) is 1.99. The van der Waals surface area contributed by atoms with Crippen molar-refractivity contribution in [1.29, 1.82) is 0 Å². The fourth-order valence-electron chi connectivity index (χ4n) is 1.29. The lowest BCUT2D eigenvalue weighted by molar-refractivity contribution is -0.385. The molecule has 0 radical (unpaired) electrons. The van der Waals surface area contributed by atoms with Crippen LogP contribution in [0.4, 0.5) is 11.6 Å². The van der Waals surface area contributed by atoms with E-state index in [0.717, 1.165) is 6.07 Å². The molecule has 94 valence electrons. The highest BCUT2D eigenvalue weighted by molar-refractivity contribution is 7.92. The van der Waals surface area contributed by atoms with Gasteiger partial charge in [-0.1, -0.05) is 6.07 Å². The number of hydrogen-bond donors (Lipinski definition) is 1. The quantitative estimate of drug-likeness (QED) is 0.674. The molecule has 0 saturated carbocycles. The first-order valence-corrected chi connectivity index (χ1v) is 6.28. The van der Waals surface area contributed by atoms with E-state index >= 15 is 0 Å². The number of nitro groups is 1. The summed E-state index contributed by atoms with van der Waals surface area (Å²) in [6.07, 6.45) is 1.31. The highest BCUT2D eigenvalue weighted by Gasteiger charge is 2.18. The Morgan fingerprint density at radius 1 is 1.22 bits per heavy atom. The molecule has 0 amide bonds. The molecule has 0 aliphatic carbocycles. The van der Waals surface area contributed by atoms with Gasteiger partial charge in [0.05, 0.1) is 16.1 Å². The maximum absolute atomic E-state index is 11.9. The van der Waals surface area contributed by atoms with Crippen molar-refractivity contribution in [3.8, 4) is 0 Å². The second kappa shape index (κ2) is 4.49. The lowest BCUT2D eigenvalue weighted by atomic mass is 10.3. The van der Waals surface area contributed by atoms with Gasteiger partial charge in [-0.25, -0.2) is 13.1 Å². The first kappa shape index (κ1) is 12.1. The molecule has 0 aliphatic heterocycles. The molecule has 2 rings (SSSR count). The number of hydrogen-bond acceptors (Lipinski definition) is 5. The number of nitrogens with one attached hydrogen (secondary N) is 1. The van der Waals surface area contributed by atoms with Gasteiger partial charge in [0.25, 0.3) is 15.7 Å². The van der Waals surface area contributed by atoms with Crippen molar-refractivity contribution in [1.82, 2.24) is 0 Å². The fraction of sp³-hybridized carbons (Fsp3) is 0. The predicted molar refractivity (Wildman–Crippen MR) is 62.6 cm³/mol. The molecule has 0 spiro atoms. The van der Waals surface area contributed by atoms with Crippen molar-refractivity contribution >= 4 is 21.6 Å². The van der Waals surface area contributed by atoms with E-state index in [4.69, 9.17) is 4.42 Å². The van der Waals surface area contributed by atoms with Crippen LogP contribution in [-0.4, -0.2) is 13.3 Å². The average molecular weight is 268 g/mol. The number of non-ortho nitro benzene ring substituents is 1. The Hall–Kier alpha value is -2.35. The van der Waals surface area contributed by atoms with E-state index in [1.165, 1.54) is 36.6 Å². The molecule has 1 aromatic carbocycles. The Bertz CT molecular complexity index is 663. The zero-order valence-corrected chi connectivity index (χ0v) is 9.75. The molecule has 1 heterocycles. The smallest absolute Gasteiger partial charge is 0.270 e. The van der Waals surface area contributed by atoms with E-state index in [2.05, 4.69) is 4.72 Å². The molecule has 0 fully saturated rings. The van der Waals surface area contributed by atoms with Crippen molar-refractivity contribution in [3.63, 3.8) is 0 Å². The number of rotatable bonds is 4. The van der Waals surface area contributed by atoms with E-state index in [1.54, 1.807) is 0 Å². The Labute approximate surface area is 102 Å². The molecule has 0 bridgehead atoms. The minimum Gasteiger partial charge on any atom is -0.448 e. The van der Waals surface area contributed by atoms with E-state index < -0.39 is 14.9 Å². The molecule has 1 N–H and O–H groups in total. The molecule has 7 nitrogen and oxygen atoms in total. The maximum atomic E-state index is 11.9. The van der Waals surface area contributed by atoms with Crippen LogP contribution >= 0.6 is 0 Å². The summed E-state index contributed by atoms with van der Waals surface area (Å²) in [4.78, 5) is 9.71. The highest BCUT2D eigenvalue weighted by Crippen LogP contribution is 2.20. The lowest BCUT2D eigenvalue weighted by Gasteiger charge is -2.04. The lowest BCUT2D eigenvalue weighted by Crippen LogP contribution is -2.12. The standard InChI is InChI=1S/C10H8N2O5S/c13-12(14)8-3-1-4-9(7-8)18(15,16)11-10-5-2-6-17-10/h1-7,11H. The number of sulfonamides is 1. The minimum atomic E-state index is -3.89. The number of furan rings is 1. The van der Waals surface area contributed by atoms with Crippen LogP contribution in [0.5, 0.6) is 0 Å². The summed E-state index contributed by atoms with van der Waals surface area (Å²) in [6, 6.07) is 7.70. The van der Waals surface area contributed by atoms with Crippen LogP contribution in [0.1, 0.15) is 0 Å². The summed E-state index contributed by atoms with van der Waals surface area (Å²) in [5.74, 6) is 0.0431. The monoisotopic (exact) mass is 268 g/mol. The van der Waals surface area contributed by atoms with E-state index in [-0.39, 0.29) is 16.5 Å². The van der Waals surface area contributed by atoms with Crippen molar-refractivity contribution < 1.29 is 17.8 Å². The normalized spacial score (nSPS) is 11.1. The summed E-state index contributed by atoms with van der Waals surface area (Å²) in [5, 5.41) is 10.6. The highest BCUT2D eigenvalue weighted by atomic mass is 32.2. The summed E-state index contributed by atoms with van der Waals surface area (Å²) in [6.45, 7) is 0. The van der Waals surface area contributed by atoms with Crippen LogP contribution in [0.15, 0.2) is 52.0 Å². The average Bonchev–Trinajstić information content (AvgIpc) is 2.81. The van der Waals surface area contributed by atoms with Crippen LogP contribution < -0.4 is 4.72 Å². The molecule has 8 heteroatoms. The van der Waals surface area contributed by atoms with Crippen LogP contribution in [-0.2, 0) is 10.0 Å². The molecule has 18 heavy (non-hydrogen) atoms. The number of nitrogens with zero attached hydrogens (tertiary/aromatic N) is 1. The molecule has 2 aromatic rings. The molecular formula is C10H8N2O5S. The largest absolute Gasteiger partial charge is 0.448 e. The van der Waals surface area contributed by atoms with Gasteiger partial charge in [0.2, 0.25) is 5.88 Å². The molecular weight excluding hydrogens is 260 g/mol. The summed E-state index contributed by atoms with van der Waals surface area (Å²) in [5.41, 5.74) is -0.294. The van der Waals surface area contributed by atoms with Crippen molar-refractivity contribution in [2.75, 3.05) is 4.72 Å². The van der Waals surface area contributed by atoms with Gasteiger partial charge in [-0.15, -0.1) is 0 Å². The Balaban J connectivity index is 2.35. The third kappa shape index (κ3) is 2.48. The van der Waals surface area contributed by atoms with Gasteiger partial charge in [-0.2, -0.15) is 0 Å². The topological polar surface area (TPSA) is 102 Å². The third-order valence-electron chi connectivity index (χ3n) is 2.09. The van der Waals surface area contributed by atoms with E-state index in [0.29, 0.717) is 0 Å². The zero-order chi connectivity index (χ0) is 13.2. The zero-order valence-electron chi connectivity index (χ0n) is 8.94. The number of anilines is 1. The number of benzene rings is 1. The van der Waals surface area contributed by atoms with Gasteiger partial charge in [0.15, 0.2) is 0 Å². The number of nitro benzene ring substituents is 1. The van der Waals surface area contributed by atoms with Crippen LogP contribution in [0.25, 0.3) is 0 Å².